The number of nitrogens with zero attached hydrogens (tertiary/aromatic N) is 1. The maximum absolute atomic E-state index is 5.44. The van der Waals surface area contributed by atoms with Crippen molar-refractivity contribution in [3.8, 4) is 0 Å². The van der Waals surface area contributed by atoms with Gasteiger partial charge in [0.15, 0.2) is 0 Å². The summed E-state index contributed by atoms with van der Waals surface area (Å²) in [5, 5.41) is 0.425. The van der Waals surface area contributed by atoms with Gasteiger partial charge in [-0.15, -0.1) is 0 Å². The number of hydrogen-bond donors (Lipinski definition) is 0. The molecule has 1 rings (SSSR count). The molecule has 0 saturated heterocycles. The highest BCUT2D eigenvalue weighted by Crippen LogP contribution is 2.30. The average Bonchev–Trinajstić information content (AvgIpc) is 2.31. The summed E-state index contributed by atoms with van der Waals surface area (Å²) in [5.74, 6) is 0. The number of thioether (sulfide) groups is 1. The summed E-state index contributed by atoms with van der Waals surface area (Å²) in [6, 6.07) is 10.5. The molecule has 0 heterocycles. The molecule has 0 N–H and O–H groups in total. The smallest absolute Gasteiger partial charge is 0.136 e. The highest BCUT2D eigenvalue weighted by atomic mass is 32.2. The molecule has 0 aromatic heterocycles. The van der Waals surface area contributed by atoms with E-state index in [1.807, 2.05) is 6.07 Å². The van der Waals surface area contributed by atoms with Crippen LogP contribution in [-0.4, -0.2) is 22.3 Å². The zero-order valence-corrected chi connectivity index (χ0v) is 11.8. The molecule has 3 heteroatoms. The van der Waals surface area contributed by atoms with Gasteiger partial charge < -0.3 is 4.90 Å². The predicted molar refractivity (Wildman–Crippen MR) is 78.0 cm³/mol. The Kier molecular flexibility index (Phi) is 5.85. The van der Waals surface area contributed by atoms with Gasteiger partial charge in [-0.2, -0.15) is 0 Å². The third kappa shape index (κ3) is 3.80. The molecule has 0 radical (unpaired) electrons. The second kappa shape index (κ2) is 6.92. The number of hydrogen-bond acceptors (Lipinski definition) is 2. The fourth-order valence-electron chi connectivity index (χ4n) is 1.50. The van der Waals surface area contributed by atoms with Gasteiger partial charge in [0.25, 0.3) is 0 Å². The van der Waals surface area contributed by atoms with Crippen LogP contribution in [0.25, 0.3) is 0 Å². The zero-order valence-electron chi connectivity index (χ0n) is 10.1. The van der Waals surface area contributed by atoms with Crippen LogP contribution in [0.3, 0.4) is 0 Å². The van der Waals surface area contributed by atoms with E-state index in [4.69, 9.17) is 12.2 Å². The van der Waals surface area contributed by atoms with E-state index in [2.05, 4.69) is 49.9 Å². The van der Waals surface area contributed by atoms with Gasteiger partial charge in [0.05, 0.1) is 0 Å². The second-order valence-corrected chi connectivity index (χ2v) is 5.58. The lowest BCUT2D eigenvalue weighted by Crippen LogP contribution is -2.27. The van der Waals surface area contributed by atoms with Crippen LogP contribution in [0, 0.1) is 0 Å². The van der Waals surface area contributed by atoms with Crippen LogP contribution >= 0.6 is 24.0 Å². The van der Waals surface area contributed by atoms with E-state index in [9.17, 15) is 0 Å². The Bertz CT molecular complexity index is 320. The first-order valence-electron chi connectivity index (χ1n) is 5.69. The molecule has 1 nitrogen and oxygen atoms in total. The van der Waals surface area contributed by atoms with Crippen molar-refractivity contribution in [3.63, 3.8) is 0 Å². The Labute approximate surface area is 108 Å². The standard InChI is InChI=1S/C13H19NS2/c1-4-14(5-2)13(15)16-11(3)12-9-7-6-8-10-12/h6-11H,4-5H2,1-3H3/t11-/m0/s1. The minimum absolute atomic E-state index is 0.425. The van der Waals surface area contributed by atoms with Crippen molar-refractivity contribution in [2.24, 2.45) is 0 Å². The van der Waals surface area contributed by atoms with Crippen molar-refractivity contribution >= 4 is 28.3 Å². The van der Waals surface area contributed by atoms with Crippen molar-refractivity contribution in [2.75, 3.05) is 13.1 Å². The van der Waals surface area contributed by atoms with E-state index < -0.39 is 0 Å². The molecule has 0 fully saturated rings. The van der Waals surface area contributed by atoms with Crippen LogP contribution in [0.5, 0.6) is 0 Å². The van der Waals surface area contributed by atoms with Gasteiger partial charge in [-0.1, -0.05) is 54.3 Å². The Balaban J connectivity index is 2.58. The minimum Gasteiger partial charge on any atom is -0.358 e. The van der Waals surface area contributed by atoms with Gasteiger partial charge in [0.2, 0.25) is 0 Å². The van der Waals surface area contributed by atoms with E-state index in [1.54, 1.807) is 11.8 Å². The topological polar surface area (TPSA) is 3.24 Å². The van der Waals surface area contributed by atoms with Crippen molar-refractivity contribution in [1.29, 1.82) is 0 Å². The van der Waals surface area contributed by atoms with E-state index >= 15 is 0 Å². The Morgan fingerprint density at radius 3 is 2.31 bits per heavy atom. The van der Waals surface area contributed by atoms with Crippen LogP contribution < -0.4 is 0 Å². The lowest BCUT2D eigenvalue weighted by molar-refractivity contribution is 0.482. The average molecular weight is 253 g/mol. The first kappa shape index (κ1) is 13.5. The number of thiocarbonyl (C=S) groups is 1. The second-order valence-electron chi connectivity index (χ2n) is 3.61. The molecule has 0 aliphatic heterocycles. The summed E-state index contributed by atoms with van der Waals surface area (Å²) in [4.78, 5) is 2.22. The number of benzene rings is 1. The van der Waals surface area contributed by atoms with Gasteiger partial charge in [0, 0.05) is 18.3 Å². The van der Waals surface area contributed by atoms with Crippen molar-refractivity contribution in [3.05, 3.63) is 35.9 Å². The van der Waals surface area contributed by atoms with Gasteiger partial charge >= 0.3 is 0 Å². The summed E-state index contributed by atoms with van der Waals surface area (Å²) in [6.45, 7) is 8.47. The SMILES string of the molecule is CCN(CC)C(=S)S[C@@H](C)c1ccccc1. The molecule has 0 aliphatic rings. The Hall–Kier alpha value is -0.540. The molecule has 1 aromatic carbocycles. The third-order valence-electron chi connectivity index (χ3n) is 2.57. The van der Waals surface area contributed by atoms with E-state index in [0.29, 0.717) is 5.25 Å². The van der Waals surface area contributed by atoms with Crippen LogP contribution in [0.2, 0.25) is 0 Å². The summed E-state index contributed by atoms with van der Waals surface area (Å²) in [6.07, 6.45) is 0. The summed E-state index contributed by atoms with van der Waals surface area (Å²) in [5.41, 5.74) is 1.34. The first-order valence-corrected chi connectivity index (χ1v) is 6.98. The fourth-order valence-corrected chi connectivity index (χ4v) is 3.19. The molecule has 0 bridgehead atoms. The van der Waals surface area contributed by atoms with Gasteiger partial charge in [-0.25, -0.2) is 0 Å². The maximum atomic E-state index is 5.44. The molecular weight excluding hydrogens is 234 g/mol. The van der Waals surface area contributed by atoms with Crippen molar-refractivity contribution in [2.45, 2.75) is 26.0 Å². The zero-order chi connectivity index (χ0) is 12.0. The molecule has 1 aromatic rings. The molecule has 88 valence electrons. The van der Waals surface area contributed by atoms with Crippen molar-refractivity contribution < 1.29 is 0 Å². The highest BCUT2D eigenvalue weighted by molar-refractivity contribution is 8.23. The molecule has 0 amide bonds. The van der Waals surface area contributed by atoms with Crippen molar-refractivity contribution in [1.82, 2.24) is 4.90 Å². The molecule has 16 heavy (non-hydrogen) atoms. The van der Waals surface area contributed by atoms with Crippen LogP contribution in [-0.2, 0) is 0 Å². The molecule has 1 atom stereocenters. The molecule has 0 unspecified atom stereocenters. The lowest BCUT2D eigenvalue weighted by atomic mass is 10.2. The van der Waals surface area contributed by atoms with E-state index in [0.717, 1.165) is 17.4 Å². The van der Waals surface area contributed by atoms with Gasteiger partial charge in [-0.05, 0) is 26.3 Å². The minimum atomic E-state index is 0.425. The number of rotatable bonds is 4. The quantitative estimate of drug-likeness (QED) is 0.744. The summed E-state index contributed by atoms with van der Waals surface area (Å²) < 4.78 is 1.00. The van der Waals surface area contributed by atoms with Crippen LogP contribution in [0.15, 0.2) is 30.3 Å². The lowest BCUT2D eigenvalue weighted by Gasteiger charge is -2.23. The normalized spacial score (nSPS) is 12.2. The molecular formula is C13H19NS2. The Morgan fingerprint density at radius 2 is 1.81 bits per heavy atom. The highest BCUT2D eigenvalue weighted by Gasteiger charge is 2.12. The van der Waals surface area contributed by atoms with E-state index in [1.165, 1.54) is 5.56 Å². The van der Waals surface area contributed by atoms with Gasteiger partial charge in [0.1, 0.15) is 4.32 Å². The maximum Gasteiger partial charge on any atom is 0.136 e. The van der Waals surface area contributed by atoms with Gasteiger partial charge in [-0.3, -0.25) is 0 Å². The molecule has 0 aliphatic carbocycles. The Morgan fingerprint density at radius 1 is 1.25 bits per heavy atom. The summed E-state index contributed by atoms with van der Waals surface area (Å²) in [7, 11) is 0. The summed E-state index contributed by atoms with van der Waals surface area (Å²) >= 11 is 7.21. The third-order valence-corrected chi connectivity index (χ3v) is 4.20. The van der Waals surface area contributed by atoms with Crippen LogP contribution in [0.1, 0.15) is 31.6 Å². The van der Waals surface area contributed by atoms with Crippen LogP contribution in [0.4, 0.5) is 0 Å². The fraction of sp³-hybridized carbons (Fsp3) is 0.462. The predicted octanol–water partition coefficient (Wildman–Crippen LogP) is 4.11. The molecule has 0 saturated carbocycles. The monoisotopic (exact) mass is 253 g/mol. The largest absolute Gasteiger partial charge is 0.358 e. The first-order chi connectivity index (χ1) is 7.69. The van der Waals surface area contributed by atoms with E-state index in [-0.39, 0.29) is 0 Å². The molecule has 0 spiro atoms.